The highest BCUT2D eigenvalue weighted by atomic mass is 16.1. The maximum atomic E-state index is 11.9. The van der Waals surface area contributed by atoms with E-state index in [2.05, 4.69) is 20.6 Å². The minimum absolute atomic E-state index is 0.0828. The summed E-state index contributed by atoms with van der Waals surface area (Å²) in [5, 5.41) is 6.13. The Morgan fingerprint density at radius 1 is 1.50 bits per heavy atom. The van der Waals surface area contributed by atoms with Gasteiger partial charge in [0.05, 0.1) is 17.6 Å². The molecule has 1 aromatic rings. The van der Waals surface area contributed by atoms with Crippen molar-refractivity contribution in [3.05, 3.63) is 18.2 Å². The molecule has 1 aliphatic rings. The highest BCUT2D eigenvalue weighted by molar-refractivity contribution is 5.92. The molecule has 1 aliphatic heterocycles. The summed E-state index contributed by atoms with van der Waals surface area (Å²) < 4.78 is 0. The first kappa shape index (κ1) is 11.0. The minimum atomic E-state index is 0.0828. The number of carbonyl (C=O) groups is 1. The number of anilines is 1. The third kappa shape index (κ3) is 2.55. The van der Waals surface area contributed by atoms with E-state index < -0.39 is 0 Å². The van der Waals surface area contributed by atoms with Gasteiger partial charge >= 0.3 is 0 Å². The van der Waals surface area contributed by atoms with Gasteiger partial charge in [-0.25, -0.2) is 9.97 Å². The Morgan fingerprint density at radius 2 is 2.25 bits per heavy atom. The molecule has 0 unspecified atom stereocenters. The molecule has 5 nitrogen and oxygen atoms in total. The van der Waals surface area contributed by atoms with Gasteiger partial charge in [0.2, 0.25) is 5.91 Å². The average Bonchev–Trinajstić information content (AvgIpc) is 2.33. The van der Waals surface area contributed by atoms with E-state index in [9.17, 15) is 4.79 Å². The fourth-order valence-corrected chi connectivity index (χ4v) is 1.83. The van der Waals surface area contributed by atoms with Gasteiger partial charge in [0, 0.05) is 5.92 Å². The molecule has 1 fully saturated rings. The monoisotopic (exact) mass is 220 g/mol. The van der Waals surface area contributed by atoms with Crippen LogP contribution in [-0.4, -0.2) is 29.0 Å². The number of hydrogen-bond donors (Lipinski definition) is 2. The van der Waals surface area contributed by atoms with Gasteiger partial charge in [0.15, 0.2) is 0 Å². The highest BCUT2D eigenvalue weighted by Crippen LogP contribution is 2.16. The molecular formula is C11H16N4O. The molecule has 1 saturated heterocycles. The van der Waals surface area contributed by atoms with Crippen LogP contribution in [0.3, 0.4) is 0 Å². The van der Waals surface area contributed by atoms with Crippen LogP contribution in [0.15, 0.2) is 12.5 Å². The molecule has 2 N–H and O–H groups in total. The zero-order valence-corrected chi connectivity index (χ0v) is 9.36. The SMILES string of the molecule is Cc1ncncc1NC(=O)C1CCNCC1. The van der Waals surface area contributed by atoms with Crippen LogP contribution in [0.5, 0.6) is 0 Å². The second kappa shape index (κ2) is 5.03. The van der Waals surface area contributed by atoms with Crippen molar-refractivity contribution in [1.82, 2.24) is 15.3 Å². The van der Waals surface area contributed by atoms with Crippen molar-refractivity contribution in [3.63, 3.8) is 0 Å². The van der Waals surface area contributed by atoms with Crippen molar-refractivity contribution < 1.29 is 4.79 Å². The van der Waals surface area contributed by atoms with Crippen LogP contribution in [0.4, 0.5) is 5.69 Å². The van der Waals surface area contributed by atoms with Gasteiger partial charge in [-0.15, -0.1) is 0 Å². The lowest BCUT2D eigenvalue weighted by Gasteiger charge is -2.21. The van der Waals surface area contributed by atoms with E-state index in [1.807, 2.05) is 6.92 Å². The number of piperidine rings is 1. The van der Waals surface area contributed by atoms with Crippen LogP contribution in [0.2, 0.25) is 0 Å². The Bertz CT molecular complexity index is 374. The molecule has 0 saturated carbocycles. The normalized spacial score (nSPS) is 17.1. The van der Waals surface area contributed by atoms with Crippen LogP contribution < -0.4 is 10.6 Å². The Kier molecular flexibility index (Phi) is 3.46. The molecule has 0 spiro atoms. The lowest BCUT2D eigenvalue weighted by molar-refractivity contribution is -0.120. The molecule has 0 atom stereocenters. The van der Waals surface area contributed by atoms with E-state index in [0.717, 1.165) is 31.6 Å². The Hall–Kier alpha value is -1.49. The summed E-state index contributed by atoms with van der Waals surface area (Å²) in [7, 11) is 0. The number of carbonyl (C=O) groups excluding carboxylic acids is 1. The van der Waals surface area contributed by atoms with Crippen LogP contribution in [0, 0.1) is 12.8 Å². The number of aromatic nitrogens is 2. The average molecular weight is 220 g/mol. The molecule has 0 aliphatic carbocycles. The highest BCUT2D eigenvalue weighted by Gasteiger charge is 2.21. The topological polar surface area (TPSA) is 66.9 Å². The van der Waals surface area contributed by atoms with Crippen molar-refractivity contribution >= 4 is 11.6 Å². The summed E-state index contributed by atoms with van der Waals surface area (Å²) in [6.45, 7) is 3.70. The van der Waals surface area contributed by atoms with Gasteiger partial charge in [-0.3, -0.25) is 4.79 Å². The predicted octanol–water partition coefficient (Wildman–Crippen LogP) is 0.723. The van der Waals surface area contributed by atoms with Crippen molar-refractivity contribution in [2.24, 2.45) is 5.92 Å². The molecule has 16 heavy (non-hydrogen) atoms. The quantitative estimate of drug-likeness (QED) is 0.770. The molecule has 0 radical (unpaired) electrons. The van der Waals surface area contributed by atoms with Gasteiger partial charge in [-0.1, -0.05) is 0 Å². The van der Waals surface area contributed by atoms with Crippen molar-refractivity contribution in [2.45, 2.75) is 19.8 Å². The Labute approximate surface area is 94.7 Å². The molecule has 0 bridgehead atoms. The Balaban J connectivity index is 1.99. The largest absolute Gasteiger partial charge is 0.323 e. The van der Waals surface area contributed by atoms with E-state index in [1.54, 1.807) is 6.20 Å². The van der Waals surface area contributed by atoms with Gasteiger partial charge in [0.1, 0.15) is 6.33 Å². The second-order valence-corrected chi connectivity index (χ2v) is 4.04. The van der Waals surface area contributed by atoms with Crippen LogP contribution in [-0.2, 0) is 4.79 Å². The molecule has 5 heteroatoms. The Morgan fingerprint density at radius 3 is 2.94 bits per heavy atom. The molecule has 2 rings (SSSR count). The van der Waals surface area contributed by atoms with Gasteiger partial charge < -0.3 is 10.6 Å². The summed E-state index contributed by atoms with van der Waals surface area (Å²) in [5.74, 6) is 0.195. The maximum absolute atomic E-state index is 11.9. The number of aryl methyl sites for hydroxylation is 1. The van der Waals surface area contributed by atoms with E-state index >= 15 is 0 Å². The van der Waals surface area contributed by atoms with E-state index in [-0.39, 0.29) is 11.8 Å². The summed E-state index contributed by atoms with van der Waals surface area (Å²) in [6, 6.07) is 0. The van der Waals surface area contributed by atoms with E-state index in [4.69, 9.17) is 0 Å². The van der Waals surface area contributed by atoms with E-state index in [1.165, 1.54) is 6.33 Å². The van der Waals surface area contributed by atoms with Crippen LogP contribution >= 0.6 is 0 Å². The first-order valence-corrected chi connectivity index (χ1v) is 5.55. The first-order valence-electron chi connectivity index (χ1n) is 5.55. The zero-order valence-electron chi connectivity index (χ0n) is 9.36. The maximum Gasteiger partial charge on any atom is 0.227 e. The first-order chi connectivity index (χ1) is 7.77. The number of hydrogen-bond acceptors (Lipinski definition) is 4. The number of rotatable bonds is 2. The van der Waals surface area contributed by atoms with Crippen molar-refractivity contribution in [1.29, 1.82) is 0 Å². The zero-order chi connectivity index (χ0) is 11.4. The molecule has 1 amide bonds. The molecule has 1 aromatic heterocycles. The lowest BCUT2D eigenvalue weighted by Crippen LogP contribution is -2.34. The molecule has 0 aromatic carbocycles. The number of amides is 1. The smallest absolute Gasteiger partial charge is 0.227 e. The molecule has 86 valence electrons. The number of nitrogens with zero attached hydrogens (tertiary/aromatic N) is 2. The summed E-state index contributed by atoms with van der Waals surface area (Å²) >= 11 is 0. The third-order valence-corrected chi connectivity index (χ3v) is 2.88. The minimum Gasteiger partial charge on any atom is -0.323 e. The van der Waals surface area contributed by atoms with Crippen molar-refractivity contribution in [2.75, 3.05) is 18.4 Å². The number of nitrogens with one attached hydrogen (secondary N) is 2. The summed E-state index contributed by atoms with van der Waals surface area (Å²) in [4.78, 5) is 19.9. The summed E-state index contributed by atoms with van der Waals surface area (Å²) in [6.07, 6.45) is 4.92. The van der Waals surface area contributed by atoms with E-state index in [0.29, 0.717) is 5.69 Å². The van der Waals surface area contributed by atoms with Crippen LogP contribution in [0.1, 0.15) is 18.5 Å². The third-order valence-electron chi connectivity index (χ3n) is 2.88. The molecule has 2 heterocycles. The van der Waals surface area contributed by atoms with Gasteiger partial charge in [-0.2, -0.15) is 0 Å². The lowest BCUT2D eigenvalue weighted by atomic mass is 9.97. The molecular weight excluding hydrogens is 204 g/mol. The van der Waals surface area contributed by atoms with Gasteiger partial charge in [0.25, 0.3) is 0 Å². The fourth-order valence-electron chi connectivity index (χ4n) is 1.83. The van der Waals surface area contributed by atoms with Gasteiger partial charge in [-0.05, 0) is 32.9 Å². The van der Waals surface area contributed by atoms with Crippen molar-refractivity contribution in [3.8, 4) is 0 Å². The standard InChI is InChI=1S/C11H16N4O/c1-8-10(6-13-7-14-8)15-11(16)9-2-4-12-5-3-9/h6-7,9,12H,2-5H2,1H3,(H,15,16). The fraction of sp³-hybridized carbons (Fsp3) is 0.545. The predicted molar refractivity (Wildman–Crippen MR) is 61.0 cm³/mol. The second-order valence-electron chi connectivity index (χ2n) is 4.04. The summed E-state index contributed by atoms with van der Waals surface area (Å²) in [5.41, 5.74) is 1.52. The van der Waals surface area contributed by atoms with Crippen LogP contribution in [0.25, 0.3) is 0 Å².